The predicted molar refractivity (Wildman–Crippen MR) is 65.9 cm³/mol. The van der Waals surface area contributed by atoms with Crippen LogP contribution in [0.15, 0.2) is 18.2 Å². The van der Waals surface area contributed by atoms with Crippen molar-refractivity contribution in [2.24, 2.45) is 5.73 Å². The largest absolute Gasteiger partial charge is 0.377 e. The van der Waals surface area contributed by atoms with Gasteiger partial charge in [-0.2, -0.15) is 0 Å². The van der Waals surface area contributed by atoms with Crippen LogP contribution < -0.4 is 10.6 Å². The highest BCUT2D eigenvalue weighted by molar-refractivity contribution is 5.95. The van der Waals surface area contributed by atoms with Gasteiger partial charge in [0.1, 0.15) is 0 Å². The molecule has 3 nitrogen and oxygen atoms in total. The molecule has 0 aliphatic carbocycles. The molecule has 0 spiro atoms. The number of amides is 1. The summed E-state index contributed by atoms with van der Waals surface area (Å²) in [4.78, 5) is 13.2. The van der Waals surface area contributed by atoms with Gasteiger partial charge in [0.05, 0.1) is 0 Å². The van der Waals surface area contributed by atoms with Gasteiger partial charge in [0, 0.05) is 25.3 Å². The van der Waals surface area contributed by atoms with Gasteiger partial charge in [-0.25, -0.2) is 0 Å². The lowest BCUT2D eigenvalue weighted by Crippen LogP contribution is -2.17. The molecule has 15 heavy (non-hydrogen) atoms. The Bertz CT molecular complexity index is 350. The van der Waals surface area contributed by atoms with Crippen molar-refractivity contribution in [3.05, 3.63) is 29.3 Å². The summed E-state index contributed by atoms with van der Waals surface area (Å²) in [6.45, 7) is 2.02. The molecule has 0 heterocycles. The highest BCUT2D eigenvalue weighted by atomic mass is 35.5. The standard InChI is InChI=1S/C11H16N2O.ClH/c1-4-8-9(11(12)14)6-5-7-10(8)13(2)3;/h5-7H,4H2,1-3H3,(H2,12,14);1H. The monoisotopic (exact) mass is 228 g/mol. The van der Waals surface area contributed by atoms with Crippen LogP contribution in [0.2, 0.25) is 0 Å². The highest BCUT2D eigenvalue weighted by Crippen LogP contribution is 2.22. The Morgan fingerprint density at radius 2 is 2.00 bits per heavy atom. The molecule has 0 aliphatic heterocycles. The van der Waals surface area contributed by atoms with E-state index in [1.54, 1.807) is 6.07 Å². The summed E-state index contributed by atoms with van der Waals surface area (Å²) in [6, 6.07) is 5.62. The van der Waals surface area contributed by atoms with E-state index < -0.39 is 0 Å². The van der Waals surface area contributed by atoms with E-state index in [0.29, 0.717) is 5.56 Å². The molecule has 0 saturated heterocycles. The minimum atomic E-state index is -0.356. The molecule has 1 rings (SSSR count). The molecule has 0 saturated carbocycles. The summed E-state index contributed by atoms with van der Waals surface area (Å²) in [5, 5.41) is 0. The molecule has 0 bridgehead atoms. The Labute approximate surface area is 96.7 Å². The summed E-state index contributed by atoms with van der Waals surface area (Å²) in [5.74, 6) is -0.356. The van der Waals surface area contributed by atoms with Crippen LogP contribution >= 0.6 is 12.4 Å². The number of hydrogen-bond acceptors (Lipinski definition) is 2. The topological polar surface area (TPSA) is 46.3 Å². The number of nitrogens with zero attached hydrogens (tertiary/aromatic N) is 1. The third kappa shape index (κ3) is 2.86. The molecule has 1 aromatic rings. The second kappa shape index (κ2) is 5.61. The number of hydrogen-bond donors (Lipinski definition) is 1. The lowest BCUT2D eigenvalue weighted by atomic mass is 10.0. The van der Waals surface area contributed by atoms with Crippen LogP contribution in [0.3, 0.4) is 0 Å². The van der Waals surface area contributed by atoms with Crippen LogP contribution in [0.5, 0.6) is 0 Å². The first-order valence-corrected chi connectivity index (χ1v) is 4.67. The number of benzene rings is 1. The van der Waals surface area contributed by atoms with Crippen molar-refractivity contribution in [1.82, 2.24) is 0 Å². The second-order valence-electron chi connectivity index (χ2n) is 3.42. The van der Waals surface area contributed by atoms with Gasteiger partial charge in [-0.15, -0.1) is 12.4 Å². The molecular formula is C11H17ClN2O. The van der Waals surface area contributed by atoms with E-state index in [-0.39, 0.29) is 18.3 Å². The molecule has 84 valence electrons. The second-order valence-corrected chi connectivity index (χ2v) is 3.42. The molecular weight excluding hydrogens is 212 g/mol. The minimum Gasteiger partial charge on any atom is -0.377 e. The van der Waals surface area contributed by atoms with Crippen molar-refractivity contribution < 1.29 is 4.79 Å². The number of primary amides is 1. The van der Waals surface area contributed by atoms with E-state index in [1.165, 1.54) is 0 Å². The summed E-state index contributed by atoms with van der Waals surface area (Å²) < 4.78 is 0. The number of carbonyl (C=O) groups excluding carboxylic acids is 1. The molecule has 2 N–H and O–H groups in total. The van der Waals surface area contributed by atoms with Crippen molar-refractivity contribution in [2.75, 3.05) is 19.0 Å². The molecule has 0 atom stereocenters. The normalized spacial score (nSPS) is 9.27. The quantitative estimate of drug-likeness (QED) is 0.858. The fraction of sp³-hybridized carbons (Fsp3) is 0.364. The lowest BCUT2D eigenvalue weighted by molar-refractivity contribution is 0.0999. The predicted octanol–water partition coefficient (Wildman–Crippen LogP) is 1.84. The van der Waals surface area contributed by atoms with Gasteiger partial charge >= 0.3 is 0 Å². The van der Waals surface area contributed by atoms with Crippen LogP contribution in [0, 0.1) is 0 Å². The van der Waals surface area contributed by atoms with Crippen molar-refractivity contribution in [2.45, 2.75) is 13.3 Å². The zero-order chi connectivity index (χ0) is 10.7. The van der Waals surface area contributed by atoms with Gasteiger partial charge in [-0.05, 0) is 24.1 Å². The molecule has 4 heteroatoms. The van der Waals surface area contributed by atoms with Crippen molar-refractivity contribution >= 4 is 24.0 Å². The maximum absolute atomic E-state index is 11.2. The van der Waals surface area contributed by atoms with E-state index in [1.807, 2.05) is 38.1 Å². The summed E-state index contributed by atoms with van der Waals surface area (Å²) in [5.41, 5.74) is 8.00. The van der Waals surface area contributed by atoms with E-state index in [4.69, 9.17) is 5.73 Å². The zero-order valence-electron chi connectivity index (χ0n) is 9.28. The first kappa shape index (κ1) is 13.8. The molecule has 1 amide bonds. The van der Waals surface area contributed by atoms with Gasteiger partial charge in [0.15, 0.2) is 0 Å². The maximum Gasteiger partial charge on any atom is 0.249 e. The number of rotatable bonds is 3. The number of anilines is 1. The molecule has 1 aromatic carbocycles. The van der Waals surface area contributed by atoms with E-state index in [0.717, 1.165) is 17.7 Å². The smallest absolute Gasteiger partial charge is 0.249 e. The Morgan fingerprint density at radius 3 is 2.40 bits per heavy atom. The SMILES string of the molecule is CCc1c(C(N)=O)cccc1N(C)C.Cl. The van der Waals surface area contributed by atoms with Gasteiger partial charge in [-0.3, -0.25) is 4.79 Å². The van der Waals surface area contributed by atoms with Crippen molar-refractivity contribution in [1.29, 1.82) is 0 Å². The van der Waals surface area contributed by atoms with Crippen LogP contribution in [0.1, 0.15) is 22.8 Å². The van der Waals surface area contributed by atoms with Crippen LogP contribution in [0.4, 0.5) is 5.69 Å². The average molecular weight is 229 g/mol. The van der Waals surface area contributed by atoms with Gasteiger partial charge in [0.2, 0.25) is 5.91 Å². The summed E-state index contributed by atoms with van der Waals surface area (Å²) in [7, 11) is 3.92. The Balaban J connectivity index is 0.00000196. The molecule has 0 fully saturated rings. The number of nitrogens with two attached hydrogens (primary N) is 1. The molecule has 0 radical (unpaired) electrons. The molecule has 0 aromatic heterocycles. The van der Waals surface area contributed by atoms with E-state index in [9.17, 15) is 4.79 Å². The Kier molecular flexibility index (Phi) is 5.15. The van der Waals surface area contributed by atoms with Gasteiger partial charge in [-0.1, -0.05) is 13.0 Å². The van der Waals surface area contributed by atoms with Crippen LogP contribution in [0.25, 0.3) is 0 Å². The van der Waals surface area contributed by atoms with Crippen molar-refractivity contribution in [3.8, 4) is 0 Å². The zero-order valence-corrected chi connectivity index (χ0v) is 10.1. The van der Waals surface area contributed by atoms with Crippen molar-refractivity contribution in [3.63, 3.8) is 0 Å². The van der Waals surface area contributed by atoms with E-state index in [2.05, 4.69) is 0 Å². The van der Waals surface area contributed by atoms with Gasteiger partial charge < -0.3 is 10.6 Å². The first-order valence-electron chi connectivity index (χ1n) is 4.67. The molecule has 0 aliphatic rings. The van der Waals surface area contributed by atoms with Crippen LogP contribution in [-0.2, 0) is 6.42 Å². The highest BCUT2D eigenvalue weighted by Gasteiger charge is 2.11. The van der Waals surface area contributed by atoms with E-state index >= 15 is 0 Å². The molecule has 0 unspecified atom stereocenters. The summed E-state index contributed by atoms with van der Waals surface area (Å²) >= 11 is 0. The Hall–Kier alpha value is -1.22. The number of carbonyl (C=O) groups is 1. The first-order chi connectivity index (χ1) is 6.57. The van der Waals surface area contributed by atoms with Crippen LogP contribution in [-0.4, -0.2) is 20.0 Å². The third-order valence-electron chi connectivity index (χ3n) is 2.25. The average Bonchev–Trinajstić information content (AvgIpc) is 2.16. The summed E-state index contributed by atoms with van der Waals surface area (Å²) in [6.07, 6.45) is 0.812. The fourth-order valence-corrected chi connectivity index (χ4v) is 1.60. The number of halogens is 1. The minimum absolute atomic E-state index is 0. The lowest BCUT2D eigenvalue weighted by Gasteiger charge is -2.18. The third-order valence-corrected chi connectivity index (χ3v) is 2.25. The Morgan fingerprint density at radius 1 is 1.40 bits per heavy atom. The maximum atomic E-state index is 11.2. The van der Waals surface area contributed by atoms with Gasteiger partial charge in [0.25, 0.3) is 0 Å². The fourth-order valence-electron chi connectivity index (χ4n) is 1.60.